The lowest BCUT2D eigenvalue weighted by Crippen LogP contribution is -2.54. The molecule has 0 aromatic heterocycles. The number of urea groups is 1. The molecule has 1 spiro atoms. The molecule has 4 amide bonds. The van der Waals surface area contributed by atoms with Gasteiger partial charge in [-0.3, -0.25) is 14.5 Å². The summed E-state index contributed by atoms with van der Waals surface area (Å²) in [6, 6.07) is 5.27. The first-order valence-electron chi connectivity index (χ1n) is 10.9. The van der Waals surface area contributed by atoms with Gasteiger partial charge in [0.1, 0.15) is 12.1 Å². The van der Waals surface area contributed by atoms with Crippen molar-refractivity contribution < 1.29 is 27.5 Å². The molecule has 2 saturated heterocycles. The third kappa shape index (κ3) is 4.12. The number of nitrogens with one attached hydrogen (secondary N) is 2. The second kappa shape index (κ2) is 8.80. The summed E-state index contributed by atoms with van der Waals surface area (Å²) in [5, 5.41) is 5.45. The van der Waals surface area contributed by atoms with E-state index in [2.05, 4.69) is 10.6 Å². The van der Waals surface area contributed by atoms with Crippen molar-refractivity contribution in [3.63, 3.8) is 0 Å². The Labute approximate surface area is 187 Å². The van der Waals surface area contributed by atoms with Crippen molar-refractivity contribution in [1.29, 1.82) is 0 Å². The number of imide groups is 1. The topological polar surface area (TPSA) is 125 Å². The van der Waals surface area contributed by atoms with Crippen LogP contribution in [-0.4, -0.2) is 73.9 Å². The highest BCUT2D eigenvalue weighted by Crippen LogP contribution is 2.38. The first kappa shape index (κ1) is 22.7. The highest BCUT2D eigenvalue weighted by molar-refractivity contribution is 7.89. The Bertz CT molecular complexity index is 1010. The van der Waals surface area contributed by atoms with Crippen LogP contribution in [0.15, 0.2) is 29.2 Å². The van der Waals surface area contributed by atoms with Crippen LogP contribution in [0.1, 0.15) is 32.6 Å². The van der Waals surface area contributed by atoms with Gasteiger partial charge in [0.2, 0.25) is 15.9 Å². The molecule has 4 rings (SSSR count). The number of nitrogens with zero attached hydrogens (tertiary/aromatic N) is 2. The van der Waals surface area contributed by atoms with Gasteiger partial charge in [-0.15, -0.1) is 0 Å². The minimum atomic E-state index is -3.63. The summed E-state index contributed by atoms with van der Waals surface area (Å²) in [5.74, 6) is -0.865. The van der Waals surface area contributed by atoms with E-state index in [1.165, 1.54) is 28.6 Å². The molecular weight excluding hydrogens is 436 g/mol. The van der Waals surface area contributed by atoms with E-state index in [0.29, 0.717) is 38.4 Å². The number of rotatable bonds is 5. The molecule has 0 radical (unpaired) electrons. The van der Waals surface area contributed by atoms with Gasteiger partial charge < -0.3 is 15.4 Å². The van der Waals surface area contributed by atoms with Crippen molar-refractivity contribution >= 4 is 33.6 Å². The standard InChI is InChI=1S/C21H28N4O6S/c1-15-4-2-3-9-21(15)19(27)25(20(28)23-21)14-18(26)22-16-5-7-17(8-6-16)32(29,30)24-10-12-31-13-11-24/h5-8,15H,2-4,9-14H2,1H3,(H,22,26)(H,23,28)/t15-,21-/m0/s1. The summed E-state index contributed by atoms with van der Waals surface area (Å²) in [4.78, 5) is 39.0. The molecule has 11 heteroatoms. The van der Waals surface area contributed by atoms with Crippen molar-refractivity contribution in [3.8, 4) is 0 Å². The van der Waals surface area contributed by atoms with Crippen LogP contribution < -0.4 is 10.6 Å². The van der Waals surface area contributed by atoms with Crippen LogP contribution >= 0.6 is 0 Å². The third-order valence-electron chi connectivity index (χ3n) is 6.55. The summed E-state index contributed by atoms with van der Waals surface area (Å²) < 4.78 is 31.9. The van der Waals surface area contributed by atoms with Crippen LogP contribution in [0.4, 0.5) is 10.5 Å². The fourth-order valence-electron chi connectivity index (χ4n) is 4.63. The summed E-state index contributed by atoms with van der Waals surface area (Å²) >= 11 is 0. The van der Waals surface area contributed by atoms with E-state index in [1.54, 1.807) is 0 Å². The van der Waals surface area contributed by atoms with Crippen LogP contribution in [0.25, 0.3) is 0 Å². The molecule has 3 aliphatic rings. The smallest absolute Gasteiger partial charge is 0.325 e. The van der Waals surface area contributed by atoms with E-state index < -0.39 is 34.0 Å². The van der Waals surface area contributed by atoms with Crippen molar-refractivity contribution in [2.45, 2.75) is 43.0 Å². The van der Waals surface area contributed by atoms with Crippen LogP contribution in [0.5, 0.6) is 0 Å². The Balaban J connectivity index is 1.39. The maximum absolute atomic E-state index is 13.0. The highest BCUT2D eigenvalue weighted by Gasteiger charge is 2.55. The number of morpholine rings is 1. The Morgan fingerprint density at radius 3 is 2.53 bits per heavy atom. The molecule has 3 fully saturated rings. The quantitative estimate of drug-likeness (QED) is 0.630. The Morgan fingerprint density at radius 2 is 1.88 bits per heavy atom. The lowest BCUT2D eigenvalue weighted by atomic mass is 9.73. The number of carbonyl (C=O) groups is 3. The minimum Gasteiger partial charge on any atom is -0.379 e. The molecule has 10 nitrogen and oxygen atoms in total. The number of carbonyl (C=O) groups excluding carboxylic acids is 3. The first-order valence-corrected chi connectivity index (χ1v) is 12.3. The van der Waals surface area contributed by atoms with Crippen LogP contribution in [-0.2, 0) is 24.3 Å². The molecule has 1 saturated carbocycles. The lowest BCUT2D eigenvalue weighted by Gasteiger charge is -2.36. The number of hydrogen-bond acceptors (Lipinski definition) is 6. The molecule has 2 aliphatic heterocycles. The minimum absolute atomic E-state index is 0.0155. The largest absolute Gasteiger partial charge is 0.379 e. The SMILES string of the molecule is C[C@H]1CCCC[C@]12NC(=O)N(CC(=O)Nc1ccc(S(=O)(=O)N3CCOCC3)cc1)C2=O. The second-order valence-electron chi connectivity index (χ2n) is 8.53. The number of anilines is 1. The Kier molecular flexibility index (Phi) is 6.24. The molecule has 1 aliphatic carbocycles. The maximum atomic E-state index is 13.0. The van der Waals surface area contributed by atoms with Gasteiger partial charge in [-0.2, -0.15) is 4.31 Å². The van der Waals surface area contributed by atoms with E-state index >= 15 is 0 Å². The van der Waals surface area contributed by atoms with Crippen LogP contribution in [0, 0.1) is 5.92 Å². The molecular formula is C21H28N4O6S. The molecule has 2 atom stereocenters. The van der Waals surface area contributed by atoms with E-state index in [1.807, 2.05) is 6.92 Å². The van der Waals surface area contributed by atoms with Crippen molar-refractivity contribution in [2.75, 3.05) is 38.2 Å². The van der Waals surface area contributed by atoms with Gasteiger partial charge >= 0.3 is 6.03 Å². The average Bonchev–Trinajstić information content (AvgIpc) is 3.01. The number of amides is 4. The van der Waals surface area contributed by atoms with Crippen molar-refractivity contribution in [1.82, 2.24) is 14.5 Å². The molecule has 0 unspecified atom stereocenters. The fraction of sp³-hybridized carbons (Fsp3) is 0.571. The highest BCUT2D eigenvalue weighted by atomic mass is 32.2. The number of sulfonamides is 1. The van der Waals surface area contributed by atoms with Crippen LogP contribution in [0.2, 0.25) is 0 Å². The molecule has 2 N–H and O–H groups in total. The Morgan fingerprint density at radius 1 is 1.19 bits per heavy atom. The number of ether oxygens (including phenoxy) is 1. The van der Waals surface area contributed by atoms with E-state index in [-0.39, 0.29) is 16.7 Å². The van der Waals surface area contributed by atoms with Gasteiger partial charge in [0.05, 0.1) is 18.1 Å². The number of benzene rings is 1. The maximum Gasteiger partial charge on any atom is 0.325 e. The summed E-state index contributed by atoms with van der Waals surface area (Å²) in [6.07, 6.45) is 3.31. The van der Waals surface area contributed by atoms with E-state index in [9.17, 15) is 22.8 Å². The van der Waals surface area contributed by atoms with Gasteiger partial charge in [0.15, 0.2) is 0 Å². The Hall–Kier alpha value is -2.50. The summed E-state index contributed by atoms with van der Waals surface area (Å²) in [5.41, 5.74) is -0.533. The molecule has 1 aromatic rings. The fourth-order valence-corrected chi connectivity index (χ4v) is 6.04. The van der Waals surface area contributed by atoms with E-state index in [0.717, 1.165) is 24.2 Å². The van der Waals surface area contributed by atoms with Gasteiger partial charge in [-0.25, -0.2) is 13.2 Å². The normalized spacial score (nSPS) is 26.9. The zero-order chi connectivity index (χ0) is 22.9. The van der Waals surface area contributed by atoms with Gasteiger partial charge in [0.25, 0.3) is 5.91 Å². The molecule has 32 heavy (non-hydrogen) atoms. The molecule has 174 valence electrons. The third-order valence-corrected chi connectivity index (χ3v) is 8.46. The van der Waals surface area contributed by atoms with Gasteiger partial charge in [0, 0.05) is 18.8 Å². The predicted molar refractivity (Wildman–Crippen MR) is 115 cm³/mol. The number of hydrogen-bond donors (Lipinski definition) is 2. The first-order chi connectivity index (χ1) is 15.2. The molecule has 1 aromatic carbocycles. The lowest BCUT2D eigenvalue weighted by molar-refractivity contribution is -0.136. The van der Waals surface area contributed by atoms with Crippen molar-refractivity contribution in [2.24, 2.45) is 5.92 Å². The van der Waals surface area contributed by atoms with Gasteiger partial charge in [-0.1, -0.05) is 19.8 Å². The average molecular weight is 465 g/mol. The predicted octanol–water partition coefficient (Wildman–Crippen LogP) is 1.15. The zero-order valence-corrected chi connectivity index (χ0v) is 18.8. The second-order valence-corrected chi connectivity index (χ2v) is 10.5. The molecule has 2 heterocycles. The molecule has 0 bridgehead atoms. The van der Waals surface area contributed by atoms with E-state index in [4.69, 9.17) is 4.74 Å². The summed E-state index contributed by atoms with van der Waals surface area (Å²) in [7, 11) is -3.63. The monoisotopic (exact) mass is 464 g/mol. The van der Waals surface area contributed by atoms with Crippen LogP contribution in [0.3, 0.4) is 0 Å². The zero-order valence-electron chi connectivity index (χ0n) is 18.0. The van der Waals surface area contributed by atoms with Crippen molar-refractivity contribution in [3.05, 3.63) is 24.3 Å². The van der Waals surface area contributed by atoms with Gasteiger partial charge in [-0.05, 0) is 43.0 Å². The summed E-state index contributed by atoms with van der Waals surface area (Å²) in [6.45, 7) is 2.87.